The molecule has 1 saturated carbocycles. The van der Waals surface area contributed by atoms with Crippen molar-refractivity contribution < 1.29 is 14.3 Å². The van der Waals surface area contributed by atoms with Crippen LogP contribution in [0.3, 0.4) is 0 Å². The number of piperidine rings is 1. The first kappa shape index (κ1) is 18.1. The average Bonchev–Trinajstić information content (AvgIpc) is 3.53. The van der Waals surface area contributed by atoms with E-state index in [-0.39, 0.29) is 17.2 Å². The molecule has 0 aromatic heterocycles. The van der Waals surface area contributed by atoms with E-state index in [1.807, 2.05) is 4.90 Å². The first-order chi connectivity index (χ1) is 13.1. The second-order valence-electron chi connectivity index (χ2n) is 8.12. The van der Waals surface area contributed by atoms with Crippen LogP contribution in [0.15, 0.2) is 36.0 Å². The molecule has 0 radical (unpaired) electrons. The molecule has 0 bridgehead atoms. The third-order valence-electron chi connectivity index (χ3n) is 6.23. The fourth-order valence-electron chi connectivity index (χ4n) is 4.41. The standard InChI is InChI=1S/C22H28N2O3/c1-27-18-9-7-17(8-10-18)21(26)23-15-22-12-3-2-4-19(22)24(14-16-5-6-16)20(25)11-13-22/h4,7-10,16H,2-3,5-6,11-15H2,1H3,(H,23,26). The second-order valence-corrected chi connectivity index (χ2v) is 8.12. The van der Waals surface area contributed by atoms with Crippen molar-refractivity contribution in [1.29, 1.82) is 0 Å². The van der Waals surface area contributed by atoms with Crippen molar-refractivity contribution in [2.75, 3.05) is 20.2 Å². The Hall–Kier alpha value is -2.30. The number of hydrogen-bond acceptors (Lipinski definition) is 3. The highest BCUT2D eigenvalue weighted by molar-refractivity contribution is 5.94. The summed E-state index contributed by atoms with van der Waals surface area (Å²) in [5.41, 5.74) is 1.71. The molecular weight excluding hydrogens is 340 g/mol. The third-order valence-corrected chi connectivity index (χ3v) is 6.23. The first-order valence-corrected chi connectivity index (χ1v) is 10.0. The number of carbonyl (C=O) groups is 2. The van der Waals surface area contributed by atoms with Crippen molar-refractivity contribution >= 4 is 11.8 Å². The average molecular weight is 368 g/mol. The molecule has 1 saturated heterocycles. The lowest BCUT2D eigenvalue weighted by atomic mass is 9.69. The normalized spacial score (nSPS) is 24.9. The van der Waals surface area contributed by atoms with Crippen LogP contribution in [-0.2, 0) is 4.79 Å². The number of benzene rings is 1. The zero-order valence-corrected chi connectivity index (χ0v) is 16.0. The van der Waals surface area contributed by atoms with Crippen LogP contribution in [0.1, 0.15) is 55.3 Å². The Morgan fingerprint density at radius 2 is 2.04 bits per heavy atom. The summed E-state index contributed by atoms with van der Waals surface area (Å²) in [5.74, 6) is 1.60. The van der Waals surface area contributed by atoms with Gasteiger partial charge in [0.2, 0.25) is 5.91 Å². The summed E-state index contributed by atoms with van der Waals surface area (Å²) in [6.45, 7) is 1.46. The lowest BCUT2D eigenvalue weighted by molar-refractivity contribution is -0.134. The number of hydrogen-bond donors (Lipinski definition) is 1. The topological polar surface area (TPSA) is 58.6 Å². The van der Waals surface area contributed by atoms with Crippen LogP contribution in [0.2, 0.25) is 0 Å². The number of allylic oxidation sites excluding steroid dienone is 1. The van der Waals surface area contributed by atoms with Crippen LogP contribution in [0.25, 0.3) is 0 Å². The summed E-state index contributed by atoms with van der Waals surface area (Å²) >= 11 is 0. The van der Waals surface area contributed by atoms with Gasteiger partial charge in [0.15, 0.2) is 0 Å². The zero-order valence-electron chi connectivity index (χ0n) is 16.0. The number of nitrogens with zero attached hydrogens (tertiary/aromatic N) is 1. The van der Waals surface area contributed by atoms with E-state index in [2.05, 4.69) is 11.4 Å². The Morgan fingerprint density at radius 1 is 1.26 bits per heavy atom. The van der Waals surface area contributed by atoms with Crippen LogP contribution >= 0.6 is 0 Å². The molecule has 5 heteroatoms. The van der Waals surface area contributed by atoms with Gasteiger partial charge in [-0.1, -0.05) is 6.08 Å². The van der Waals surface area contributed by atoms with E-state index in [4.69, 9.17) is 4.74 Å². The van der Waals surface area contributed by atoms with Gasteiger partial charge in [-0.2, -0.15) is 0 Å². The lowest BCUT2D eigenvalue weighted by Gasteiger charge is -2.47. The predicted octanol–water partition coefficient (Wildman–Crippen LogP) is 3.51. The van der Waals surface area contributed by atoms with Gasteiger partial charge in [-0.3, -0.25) is 9.59 Å². The summed E-state index contributed by atoms with van der Waals surface area (Å²) in [4.78, 5) is 27.2. The van der Waals surface area contributed by atoms with Gasteiger partial charge in [-0.25, -0.2) is 0 Å². The maximum absolute atomic E-state index is 12.6. The summed E-state index contributed by atoms with van der Waals surface area (Å²) in [6, 6.07) is 7.17. The molecule has 2 amide bonds. The zero-order chi connectivity index (χ0) is 18.9. The van der Waals surface area contributed by atoms with Crippen molar-refractivity contribution in [2.45, 2.75) is 44.9 Å². The predicted molar refractivity (Wildman–Crippen MR) is 103 cm³/mol. The van der Waals surface area contributed by atoms with Gasteiger partial charge in [0.05, 0.1) is 7.11 Å². The van der Waals surface area contributed by atoms with E-state index < -0.39 is 0 Å². The van der Waals surface area contributed by atoms with Crippen LogP contribution in [0.4, 0.5) is 0 Å². The number of fused-ring (bicyclic) bond motifs is 1. The molecule has 1 N–H and O–H groups in total. The van der Waals surface area contributed by atoms with Crippen molar-refractivity contribution in [3.05, 3.63) is 41.6 Å². The second kappa shape index (κ2) is 7.37. The van der Waals surface area contributed by atoms with Crippen molar-refractivity contribution in [3.8, 4) is 5.75 Å². The molecule has 5 nitrogen and oxygen atoms in total. The van der Waals surface area contributed by atoms with E-state index in [1.54, 1.807) is 31.4 Å². The van der Waals surface area contributed by atoms with Crippen LogP contribution in [0, 0.1) is 11.3 Å². The van der Waals surface area contributed by atoms with Gasteiger partial charge in [0.1, 0.15) is 5.75 Å². The molecule has 1 heterocycles. The molecule has 3 aliphatic rings. The summed E-state index contributed by atoms with van der Waals surface area (Å²) in [6.07, 6.45) is 9.32. The Morgan fingerprint density at radius 3 is 2.74 bits per heavy atom. The molecule has 27 heavy (non-hydrogen) atoms. The Kier molecular flexibility index (Phi) is 4.94. The van der Waals surface area contributed by atoms with E-state index in [9.17, 15) is 9.59 Å². The molecule has 1 unspecified atom stereocenters. The monoisotopic (exact) mass is 368 g/mol. The molecule has 144 valence electrons. The van der Waals surface area contributed by atoms with Crippen LogP contribution in [0.5, 0.6) is 5.75 Å². The van der Waals surface area contributed by atoms with Crippen molar-refractivity contribution in [1.82, 2.24) is 10.2 Å². The number of nitrogens with one attached hydrogen (secondary N) is 1. The smallest absolute Gasteiger partial charge is 0.251 e. The van der Waals surface area contributed by atoms with E-state index in [0.29, 0.717) is 24.4 Å². The number of carbonyl (C=O) groups excluding carboxylic acids is 2. The highest BCUT2D eigenvalue weighted by Gasteiger charge is 2.45. The third kappa shape index (κ3) is 3.73. The fourth-order valence-corrected chi connectivity index (χ4v) is 4.41. The highest BCUT2D eigenvalue weighted by atomic mass is 16.5. The van der Waals surface area contributed by atoms with Gasteiger partial charge in [0, 0.05) is 36.2 Å². The van der Waals surface area contributed by atoms with E-state index in [1.165, 1.54) is 18.5 Å². The summed E-state index contributed by atoms with van der Waals surface area (Å²) in [7, 11) is 1.61. The molecular formula is C22H28N2O3. The molecule has 2 fully saturated rings. The minimum absolute atomic E-state index is 0.0670. The summed E-state index contributed by atoms with van der Waals surface area (Å²) in [5, 5.41) is 3.14. The maximum atomic E-state index is 12.6. The molecule has 4 rings (SSSR count). The number of likely N-dealkylation sites (tertiary alicyclic amines) is 1. The number of methoxy groups -OCH3 is 1. The largest absolute Gasteiger partial charge is 0.497 e. The lowest BCUT2D eigenvalue weighted by Crippen LogP contribution is -2.51. The van der Waals surface area contributed by atoms with Gasteiger partial charge < -0.3 is 15.0 Å². The fraction of sp³-hybridized carbons (Fsp3) is 0.545. The van der Waals surface area contributed by atoms with Gasteiger partial charge in [-0.05, 0) is 68.7 Å². The van der Waals surface area contributed by atoms with E-state index >= 15 is 0 Å². The molecule has 1 aromatic rings. The molecule has 0 spiro atoms. The molecule has 1 aromatic carbocycles. The number of rotatable bonds is 6. The highest BCUT2D eigenvalue weighted by Crippen LogP contribution is 2.47. The van der Waals surface area contributed by atoms with Crippen LogP contribution < -0.4 is 10.1 Å². The van der Waals surface area contributed by atoms with Gasteiger partial charge >= 0.3 is 0 Å². The van der Waals surface area contributed by atoms with Crippen molar-refractivity contribution in [2.24, 2.45) is 11.3 Å². The van der Waals surface area contributed by atoms with Crippen LogP contribution in [-0.4, -0.2) is 36.9 Å². The van der Waals surface area contributed by atoms with Gasteiger partial charge in [-0.15, -0.1) is 0 Å². The Bertz CT molecular complexity index is 751. The number of ether oxygens (including phenoxy) is 1. The minimum Gasteiger partial charge on any atom is -0.497 e. The summed E-state index contributed by atoms with van der Waals surface area (Å²) < 4.78 is 5.16. The minimum atomic E-state index is -0.0941. The molecule has 2 aliphatic carbocycles. The van der Waals surface area contributed by atoms with Crippen molar-refractivity contribution in [3.63, 3.8) is 0 Å². The Balaban J connectivity index is 1.48. The van der Waals surface area contributed by atoms with Gasteiger partial charge in [0.25, 0.3) is 5.91 Å². The maximum Gasteiger partial charge on any atom is 0.251 e. The first-order valence-electron chi connectivity index (χ1n) is 10.0. The number of amides is 2. The SMILES string of the molecule is COc1ccc(C(=O)NCC23CCCC=C2N(CC2CC2)C(=O)CC3)cc1. The molecule has 1 aliphatic heterocycles. The van der Waals surface area contributed by atoms with E-state index in [0.717, 1.165) is 38.0 Å². The quantitative estimate of drug-likeness (QED) is 0.836. The molecule has 1 atom stereocenters. The Labute approximate surface area is 160 Å².